The Morgan fingerprint density at radius 3 is 2.64 bits per heavy atom. The Balaban J connectivity index is 1.19. The molecular weight excluding hydrogens is 348 g/mol. The standard InChI is InChI=1S/C23H28N4O/c1-16-14-21(25-23(24-16)19-6-7-19)26-11-8-17(9-12-26)15-22(28)27-13-10-18-4-2-3-5-20(18)27/h2-5,14,17,19H,6-13,15H2,1H3. The number of para-hydroxylation sites is 1. The molecule has 146 valence electrons. The zero-order valence-electron chi connectivity index (χ0n) is 16.6. The summed E-state index contributed by atoms with van der Waals surface area (Å²) in [7, 11) is 0. The fraction of sp³-hybridized carbons (Fsp3) is 0.522. The van der Waals surface area contributed by atoms with Gasteiger partial charge in [-0.15, -0.1) is 0 Å². The summed E-state index contributed by atoms with van der Waals surface area (Å²) >= 11 is 0. The SMILES string of the molecule is Cc1cc(N2CCC(CC(=O)N3CCc4ccccc43)CC2)nc(C2CC2)n1. The average molecular weight is 377 g/mol. The Bertz CT molecular complexity index is 884. The third-order valence-corrected chi connectivity index (χ3v) is 6.39. The fourth-order valence-corrected chi connectivity index (χ4v) is 4.58. The van der Waals surface area contributed by atoms with E-state index in [4.69, 9.17) is 4.98 Å². The van der Waals surface area contributed by atoms with Crippen LogP contribution >= 0.6 is 0 Å². The molecular formula is C23H28N4O. The van der Waals surface area contributed by atoms with Crippen LogP contribution in [0.15, 0.2) is 30.3 Å². The van der Waals surface area contributed by atoms with Crippen LogP contribution in [0.1, 0.15) is 55.1 Å². The number of amides is 1. The number of benzene rings is 1. The van der Waals surface area contributed by atoms with Crippen molar-refractivity contribution in [3.63, 3.8) is 0 Å². The number of fused-ring (bicyclic) bond motifs is 1. The van der Waals surface area contributed by atoms with Crippen molar-refractivity contribution >= 4 is 17.4 Å². The lowest BCUT2D eigenvalue weighted by Gasteiger charge is -2.33. The van der Waals surface area contributed by atoms with Crippen molar-refractivity contribution in [2.75, 3.05) is 29.4 Å². The smallest absolute Gasteiger partial charge is 0.227 e. The molecule has 3 heterocycles. The maximum Gasteiger partial charge on any atom is 0.227 e. The topological polar surface area (TPSA) is 49.3 Å². The molecule has 2 aliphatic heterocycles. The van der Waals surface area contributed by atoms with Crippen molar-refractivity contribution in [2.45, 2.75) is 51.4 Å². The minimum absolute atomic E-state index is 0.289. The first-order valence-electron chi connectivity index (χ1n) is 10.7. The number of hydrogen-bond donors (Lipinski definition) is 0. The Morgan fingerprint density at radius 2 is 1.86 bits per heavy atom. The minimum atomic E-state index is 0.289. The molecule has 5 heteroatoms. The molecule has 0 spiro atoms. The van der Waals surface area contributed by atoms with Crippen molar-refractivity contribution in [3.05, 3.63) is 47.4 Å². The van der Waals surface area contributed by atoms with E-state index in [9.17, 15) is 4.79 Å². The van der Waals surface area contributed by atoms with Crippen LogP contribution in [0.4, 0.5) is 11.5 Å². The minimum Gasteiger partial charge on any atom is -0.356 e. The first-order valence-corrected chi connectivity index (χ1v) is 10.7. The van der Waals surface area contributed by atoms with Crippen molar-refractivity contribution in [1.82, 2.24) is 9.97 Å². The van der Waals surface area contributed by atoms with Gasteiger partial charge >= 0.3 is 0 Å². The Kier molecular flexibility index (Phi) is 4.53. The predicted octanol–water partition coefficient (Wildman–Crippen LogP) is 3.86. The summed E-state index contributed by atoms with van der Waals surface area (Å²) in [6.07, 6.45) is 6.22. The lowest BCUT2D eigenvalue weighted by atomic mass is 9.93. The molecule has 1 saturated heterocycles. The maximum absolute atomic E-state index is 12.9. The van der Waals surface area contributed by atoms with Crippen LogP contribution in [0, 0.1) is 12.8 Å². The van der Waals surface area contributed by atoms with Gasteiger partial charge in [0.2, 0.25) is 5.91 Å². The number of carbonyl (C=O) groups is 1. The van der Waals surface area contributed by atoms with E-state index in [1.54, 1.807) is 0 Å². The second-order valence-electron chi connectivity index (χ2n) is 8.56. The quantitative estimate of drug-likeness (QED) is 0.813. The molecule has 1 aromatic heterocycles. The summed E-state index contributed by atoms with van der Waals surface area (Å²) in [6.45, 7) is 4.86. The van der Waals surface area contributed by atoms with E-state index in [0.29, 0.717) is 18.3 Å². The van der Waals surface area contributed by atoms with Crippen LogP contribution in [-0.4, -0.2) is 35.5 Å². The number of aryl methyl sites for hydroxylation is 1. The van der Waals surface area contributed by atoms with E-state index >= 15 is 0 Å². The average Bonchev–Trinajstić information content (AvgIpc) is 3.47. The lowest BCUT2D eigenvalue weighted by molar-refractivity contribution is -0.119. The molecule has 28 heavy (non-hydrogen) atoms. The predicted molar refractivity (Wildman–Crippen MR) is 111 cm³/mol. The molecule has 3 aliphatic rings. The van der Waals surface area contributed by atoms with Gasteiger partial charge in [-0.1, -0.05) is 18.2 Å². The molecule has 1 saturated carbocycles. The summed E-state index contributed by atoms with van der Waals surface area (Å²) < 4.78 is 0. The van der Waals surface area contributed by atoms with Crippen molar-refractivity contribution in [2.24, 2.45) is 5.92 Å². The number of anilines is 2. The first kappa shape index (κ1) is 17.7. The van der Waals surface area contributed by atoms with E-state index in [0.717, 1.165) is 61.9 Å². The molecule has 2 fully saturated rings. The van der Waals surface area contributed by atoms with E-state index in [1.165, 1.54) is 18.4 Å². The molecule has 2 aromatic rings. The highest BCUT2D eigenvalue weighted by molar-refractivity contribution is 5.95. The summed E-state index contributed by atoms with van der Waals surface area (Å²) in [5.41, 5.74) is 3.49. The van der Waals surface area contributed by atoms with E-state index in [2.05, 4.69) is 41.1 Å². The highest BCUT2D eigenvalue weighted by atomic mass is 16.2. The summed E-state index contributed by atoms with van der Waals surface area (Å²) in [4.78, 5) is 26.7. The van der Waals surface area contributed by atoms with Gasteiger partial charge in [0.1, 0.15) is 11.6 Å². The van der Waals surface area contributed by atoms with Crippen LogP contribution in [-0.2, 0) is 11.2 Å². The molecule has 1 amide bonds. The maximum atomic E-state index is 12.9. The third kappa shape index (κ3) is 3.50. The number of nitrogens with zero attached hydrogens (tertiary/aromatic N) is 4. The van der Waals surface area contributed by atoms with Gasteiger partial charge in [-0.25, -0.2) is 9.97 Å². The van der Waals surface area contributed by atoms with E-state index in [-0.39, 0.29) is 5.91 Å². The fourth-order valence-electron chi connectivity index (χ4n) is 4.58. The molecule has 0 bridgehead atoms. The van der Waals surface area contributed by atoms with Gasteiger partial charge in [-0.2, -0.15) is 0 Å². The number of rotatable bonds is 4. The van der Waals surface area contributed by atoms with Gasteiger partial charge in [-0.05, 0) is 56.6 Å². The Hall–Kier alpha value is -2.43. The van der Waals surface area contributed by atoms with Crippen LogP contribution in [0.25, 0.3) is 0 Å². The molecule has 1 aromatic carbocycles. The second kappa shape index (κ2) is 7.19. The van der Waals surface area contributed by atoms with E-state index < -0.39 is 0 Å². The largest absolute Gasteiger partial charge is 0.356 e. The molecule has 5 rings (SSSR count). The Labute approximate surface area is 166 Å². The highest BCUT2D eigenvalue weighted by Crippen LogP contribution is 2.39. The molecule has 0 atom stereocenters. The molecule has 0 N–H and O–H groups in total. The second-order valence-corrected chi connectivity index (χ2v) is 8.56. The summed E-state index contributed by atoms with van der Waals surface area (Å²) in [6, 6.07) is 10.4. The van der Waals surface area contributed by atoms with Gasteiger partial charge in [-0.3, -0.25) is 4.79 Å². The number of hydrogen-bond acceptors (Lipinski definition) is 4. The monoisotopic (exact) mass is 376 g/mol. The molecule has 0 unspecified atom stereocenters. The van der Waals surface area contributed by atoms with Crippen LogP contribution in [0.5, 0.6) is 0 Å². The lowest BCUT2D eigenvalue weighted by Crippen LogP contribution is -2.37. The molecule has 1 aliphatic carbocycles. The number of piperidine rings is 1. The van der Waals surface area contributed by atoms with Gasteiger partial charge in [0.05, 0.1) is 0 Å². The van der Waals surface area contributed by atoms with E-state index in [1.807, 2.05) is 11.0 Å². The third-order valence-electron chi connectivity index (χ3n) is 6.39. The molecule has 0 radical (unpaired) electrons. The van der Waals surface area contributed by atoms with Gasteiger partial charge < -0.3 is 9.80 Å². The number of aromatic nitrogens is 2. The summed E-state index contributed by atoms with van der Waals surface area (Å²) in [5.74, 6) is 3.45. The van der Waals surface area contributed by atoms with Gasteiger partial charge in [0, 0.05) is 49.4 Å². The van der Waals surface area contributed by atoms with Gasteiger partial charge in [0.25, 0.3) is 0 Å². The van der Waals surface area contributed by atoms with Gasteiger partial charge in [0.15, 0.2) is 0 Å². The zero-order valence-corrected chi connectivity index (χ0v) is 16.6. The van der Waals surface area contributed by atoms with Crippen LogP contribution < -0.4 is 9.80 Å². The molecule has 5 nitrogen and oxygen atoms in total. The van der Waals surface area contributed by atoms with Crippen LogP contribution in [0.2, 0.25) is 0 Å². The summed E-state index contributed by atoms with van der Waals surface area (Å²) in [5, 5.41) is 0. The van der Waals surface area contributed by atoms with Crippen molar-refractivity contribution in [1.29, 1.82) is 0 Å². The van der Waals surface area contributed by atoms with Crippen molar-refractivity contribution in [3.8, 4) is 0 Å². The van der Waals surface area contributed by atoms with Crippen molar-refractivity contribution < 1.29 is 4.79 Å². The number of carbonyl (C=O) groups excluding carboxylic acids is 1. The highest BCUT2D eigenvalue weighted by Gasteiger charge is 2.30. The first-order chi connectivity index (χ1) is 13.7. The van der Waals surface area contributed by atoms with Crippen LogP contribution in [0.3, 0.4) is 0 Å². The zero-order chi connectivity index (χ0) is 19.1. The normalized spacial score (nSPS) is 19.8. The Morgan fingerprint density at radius 1 is 1.07 bits per heavy atom.